The van der Waals surface area contributed by atoms with Crippen molar-refractivity contribution in [3.05, 3.63) is 33.8 Å². The Bertz CT molecular complexity index is 354. The van der Waals surface area contributed by atoms with Crippen molar-refractivity contribution in [1.82, 2.24) is 5.32 Å². The van der Waals surface area contributed by atoms with Crippen LogP contribution in [0.4, 0.5) is 0 Å². The predicted octanol–water partition coefficient (Wildman–Crippen LogP) is 3.87. The van der Waals surface area contributed by atoms with Crippen LogP contribution in [0.15, 0.2) is 22.7 Å². The molecule has 0 saturated carbocycles. The number of nitrogens with one attached hydrogen (secondary N) is 1. The summed E-state index contributed by atoms with van der Waals surface area (Å²) in [6, 6.07) is 7.53. The molecular formula is C14H20BrN. The Morgan fingerprint density at radius 3 is 2.81 bits per heavy atom. The molecule has 1 aliphatic heterocycles. The van der Waals surface area contributed by atoms with Crippen molar-refractivity contribution < 1.29 is 0 Å². The van der Waals surface area contributed by atoms with Crippen LogP contribution in [-0.2, 0) is 6.42 Å². The van der Waals surface area contributed by atoms with Gasteiger partial charge in [-0.1, -0.05) is 35.8 Å². The van der Waals surface area contributed by atoms with Crippen LogP contribution < -0.4 is 5.32 Å². The van der Waals surface area contributed by atoms with E-state index in [1.807, 2.05) is 0 Å². The summed E-state index contributed by atoms with van der Waals surface area (Å²) in [5.41, 5.74) is 2.89. The molecular weight excluding hydrogens is 262 g/mol. The standard InChI is InChI=1S/C14H20BrN/c1-10(2)12-6-11(7-13(15)9-12)8-14-4-3-5-16-14/h6-7,9-10,14,16H,3-5,8H2,1-2H3. The van der Waals surface area contributed by atoms with Crippen molar-refractivity contribution >= 4 is 15.9 Å². The molecule has 1 saturated heterocycles. The van der Waals surface area contributed by atoms with Gasteiger partial charge >= 0.3 is 0 Å². The van der Waals surface area contributed by atoms with E-state index in [9.17, 15) is 0 Å². The normalized spacial score (nSPS) is 20.6. The van der Waals surface area contributed by atoms with E-state index in [1.54, 1.807) is 0 Å². The third-order valence-electron chi connectivity index (χ3n) is 3.29. The molecule has 1 aromatic carbocycles. The molecule has 0 spiro atoms. The van der Waals surface area contributed by atoms with Crippen LogP contribution in [0.1, 0.15) is 43.7 Å². The van der Waals surface area contributed by atoms with Gasteiger partial charge in [0.15, 0.2) is 0 Å². The quantitative estimate of drug-likeness (QED) is 0.887. The van der Waals surface area contributed by atoms with Crippen LogP contribution >= 0.6 is 15.9 Å². The molecule has 1 heterocycles. The number of benzene rings is 1. The fraction of sp³-hybridized carbons (Fsp3) is 0.571. The van der Waals surface area contributed by atoms with Gasteiger partial charge in [-0.2, -0.15) is 0 Å². The molecule has 1 unspecified atom stereocenters. The number of hydrogen-bond acceptors (Lipinski definition) is 1. The molecule has 1 fully saturated rings. The average molecular weight is 282 g/mol. The SMILES string of the molecule is CC(C)c1cc(Br)cc(CC2CCCN2)c1. The summed E-state index contributed by atoms with van der Waals surface area (Å²) in [5.74, 6) is 0.604. The first-order valence-corrected chi connectivity index (χ1v) is 6.97. The van der Waals surface area contributed by atoms with Gasteiger partial charge in [0.1, 0.15) is 0 Å². The molecule has 2 rings (SSSR count). The molecule has 0 aliphatic carbocycles. The molecule has 1 aromatic rings. The van der Waals surface area contributed by atoms with Gasteiger partial charge in [-0.05, 0) is 55.0 Å². The molecule has 88 valence electrons. The Morgan fingerprint density at radius 1 is 1.38 bits per heavy atom. The summed E-state index contributed by atoms with van der Waals surface area (Å²) in [6.07, 6.45) is 3.82. The molecule has 1 atom stereocenters. The van der Waals surface area contributed by atoms with E-state index in [1.165, 1.54) is 41.4 Å². The van der Waals surface area contributed by atoms with Gasteiger partial charge in [-0.25, -0.2) is 0 Å². The summed E-state index contributed by atoms with van der Waals surface area (Å²) in [5, 5.41) is 3.56. The lowest BCUT2D eigenvalue weighted by atomic mass is 9.97. The zero-order valence-corrected chi connectivity index (χ0v) is 11.7. The third kappa shape index (κ3) is 3.08. The van der Waals surface area contributed by atoms with Gasteiger partial charge in [0.2, 0.25) is 0 Å². The molecule has 0 aromatic heterocycles. The van der Waals surface area contributed by atoms with Crippen molar-refractivity contribution in [2.75, 3.05) is 6.54 Å². The van der Waals surface area contributed by atoms with Crippen LogP contribution in [0.25, 0.3) is 0 Å². The second-order valence-electron chi connectivity index (χ2n) is 5.04. The number of halogens is 1. The highest BCUT2D eigenvalue weighted by Crippen LogP contribution is 2.23. The average Bonchev–Trinajstić information content (AvgIpc) is 2.69. The highest BCUT2D eigenvalue weighted by Gasteiger charge is 2.15. The van der Waals surface area contributed by atoms with Crippen LogP contribution in [-0.4, -0.2) is 12.6 Å². The molecule has 0 radical (unpaired) electrons. The summed E-state index contributed by atoms with van der Waals surface area (Å²) >= 11 is 3.61. The third-order valence-corrected chi connectivity index (χ3v) is 3.75. The van der Waals surface area contributed by atoms with E-state index < -0.39 is 0 Å². The molecule has 1 aliphatic rings. The first-order valence-electron chi connectivity index (χ1n) is 6.18. The van der Waals surface area contributed by atoms with Crippen molar-refractivity contribution in [2.24, 2.45) is 0 Å². The summed E-state index contributed by atoms with van der Waals surface area (Å²) in [6.45, 7) is 5.69. The summed E-state index contributed by atoms with van der Waals surface area (Å²) in [4.78, 5) is 0. The zero-order chi connectivity index (χ0) is 11.5. The second kappa shape index (κ2) is 5.33. The Kier molecular flexibility index (Phi) is 4.04. The maximum Gasteiger partial charge on any atom is 0.0180 e. The van der Waals surface area contributed by atoms with Crippen LogP contribution in [0, 0.1) is 0 Å². The van der Waals surface area contributed by atoms with Crippen molar-refractivity contribution in [3.8, 4) is 0 Å². The first kappa shape index (κ1) is 12.1. The lowest BCUT2D eigenvalue weighted by molar-refractivity contribution is 0.602. The van der Waals surface area contributed by atoms with E-state index in [2.05, 4.69) is 53.3 Å². The maximum absolute atomic E-state index is 3.61. The van der Waals surface area contributed by atoms with E-state index in [0.29, 0.717) is 12.0 Å². The van der Waals surface area contributed by atoms with E-state index in [4.69, 9.17) is 0 Å². The molecule has 0 bridgehead atoms. The first-order chi connectivity index (χ1) is 7.65. The van der Waals surface area contributed by atoms with Gasteiger partial charge in [-0.3, -0.25) is 0 Å². The van der Waals surface area contributed by atoms with Crippen LogP contribution in [0.3, 0.4) is 0 Å². The topological polar surface area (TPSA) is 12.0 Å². The van der Waals surface area contributed by atoms with Crippen LogP contribution in [0.5, 0.6) is 0 Å². The van der Waals surface area contributed by atoms with Crippen LogP contribution in [0.2, 0.25) is 0 Å². The molecule has 0 amide bonds. The zero-order valence-electron chi connectivity index (χ0n) is 10.1. The fourth-order valence-electron chi connectivity index (χ4n) is 2.34. The van der Waals surface area contributed by atoms with Crippen molar-refractivity contribution in [2.45, 2.75) is 45.1 Å². The Labute approximate surface area is 107 Å². The van der Waals surface area contributed by atoms with E-state index >= 15 is 0 Å². The largest absolute Gasteiger partial charge is 0.314 e. The summed E-state index contributed by atoms with van der Waals surface area (Å²) in [7, 11) is 0. The highest BCUT2D eigenvalue weighted by molar-refractivity contribution is 9.10. The lowest BCUT2D eigenvalue weighted by Crippen LogP contribution is -2.23. The number of hydrogen-bond donors (Lipinski definition) is 1. The molecule has 16 heavy (non-hydrogen) atoms. The minimum absolute atomic E-state index is 0.604. The molecule has 1 N–H and O–H groups in total. The molecule has 2 heteroatoms. The Hall–Kier alpha value is -0.340. The second-order valence-corrected chi connectivity index (χ2v) is 5.96. The van der Waals surface area contributed by atoms with Gasteiger partial charge in [0.05, 0.1) is 0 Å². The predicted molar refractivity (Wildman–Crippen MR) is 73.0 cm³/mol. The molecule has 1 nitrogen and oxygen atoms in total. The van der Waals surface area contributed by atoms with E-state index in [0.717, 1.165) is 0 Å². The minimum Gasteiger partial charge on any atom is -0.314 e. The Balaban J connectivity index is 2.13. The monoisotopic (exact) mass is 281 g/mol. The number of rotatable bonds is 3. The lowest BCUT2D eigenvalue weighted by Gasteiger charge is -2.13. The fourth-order valence-corrected chi connectivity index (χ4v) is 2.90. The maximum atomic E-state index is 3.61. The van der Waals surface area contributed by atoms with Gasteiger partial charge < -0.3 is 5.32 Å². The van der Waals surface area contributed by atoms with Gasteiger partial charge in [0.25, 0.3) is 0 Å². The van der Waals surface area contributed by atoms with Gasteiger partial charge in [-0.15, -0.1) is 0 Å². The van der Waals surface area contributed by atoms with E-state index in [-0.39, 0.29) is 0 Å². The summed E-state index contributed by atoms with van der Waals surface area (Å²) < 4.78 is 1.21. The van der Waals surface area contributed by atoms with Crippen molar-refractivity contribution in [1.29, 1.82) is 0 Å². The Morgan fingerprint density at radius 2 is 2.19 bits per heavy atom. The minimum atomic E-state index is 0.604. The van der Waals surface area contributed by atoms with Crippen molar-refractivity contribution in [3.63, 3.8) is 0 Å². The van der Waals surface area contributed by atoms with Gasteiger partial charge in [0, 0.05) is 10.5 Å². The smallest absolute Gasteiger partial charge is 0.0180 e. The highest BCUT2D eigenvalue weighted by atomic mass is 79.9.